The monoisotopic (exact) mass is 400 g/mol. The third kappa shape index (κ3) is 3.62. The van der Waals surface area contributed by atoms with Crippen LogP contribution in [0.5, 0.6) is 0 Å². The molecule has 4 nitrogen and oxygen atoms in total. The van der Waals surface area contributed by atoms with Gasteiger partial charge in [0.15, 0.2) is 0 Å². The van der Waals surface area contributed by atoms with Gasteiger partial charge in [0.25, 0.3) is 11.8 Å². The summed E-state index contributed by atoms with van der Waals surface area (Å²) in [5.41, 5.74) is 4.90. The summed E-state index contributed by atoms with van der Waals surface area (Å²) in [5.74, 6) is -1.31. The van der Waals surface area contributed by atoms with E-state index in [1.807, 2.05) is 51.1 Å². The molecule has 1 aliphatic rings. The number of rotatable bonds is 4. The van der Waals surface area contributed by atoms with Crippen LogP contribution in [0.4, 0.5) is 15.8 Å². The molecule has 5 heteroatoms. The average molecular weight is 400 g/mol. The molecule has 0 spiro atoms. The molecule has 150 valence electrons. The van der Waals surface area contributed by atoms with Crippen molar-refractivity contribution in [1.82, 2.24) is 0 Å². The van der Waals surface area contributed by atoms with Crippen LogP contribution in [0.25, 0.3) is 5.57 Å². The molecule has 0 saturated carbocycles. The Hall–Kier alpha value is -3.73. The van der Waals surface area contributed by atoms with Gasteiger partial charge in [0, 0.05) is 5.69 Å². The minimum atomic E-state index is -0.468. The maximum Gasteiger partial charge on any atom is 0.282 e. The molecule has 0 atom stereocenters. The molecule has 0 radical (unpaired) electrons. The lowest BCUT2D eigenvalue weighted by atomic mass is 10.0. The number of aryl methyl sites for hydroxylation is 3. The summed E-state index contributed by atoms with van der Waals surface area (Å²) in [6.45, 7) is 5.79. The van der Waals surface area contributed by atoms with Crippen LogP contribution in [-0.4, -0.2) is 11.8 Å². The van der Waals surface area contributed by atoms with Crippen LogP contribution in [0, 0.1) is 26.6 Å². The van der Waals surface area contributed by atoms with Crippen molar-refractivity contribution >= 4 is 28.8 Å². The van der Waals surface area contributed by atoms with E-state index in [0.29, 0.717) is 16.9 Å². The fraction of sp³-hybridized carbons (Fsp3) is 0.120. The smallest absolute Gasteiger partial charge is 0.282 e. The van der Waals surface area contributed by atoms with Crippen molar-refractivity contribution in [1.29, 1.82) is 0 Å². The molecule has 1 N–H and O–H groups in total. The van der Waals surface area contributed by atoms with E-state index in [1.165, 1.54) is 17.0 Å². The molecule has 3 aromatic rings. The number of carbonyl (C=O) groups excluding carboxylic acids is 2. The van der Waals surface area contributed by atoms with Crippen LogP contribution in [0.15, 0.2) is 72.4 Å². The molecule has 1 heterocycles. The molecule has 2 amide bonds. The number of nitrogens with one attached hydrogen (secondary N) is 1. The van der Waals surface area contributed by atoms with Gasteiger partial charge in [-0.2, -0.15) is 0 Å². The second-order valence-corrected chi connectivity index (χ2v) is 7.54. The predicted octanol–water partition coefficient (Wildman–Crippen LogP) is 5.15. The molecule has 0 fully saturated rings. The standard InChI is InChI=1S/C25H21FN2O2/c1-15-7-9-18(10-8-15)22-23(27-20-6-4-5-19(26)14-20)25(30)28(24(22)29)21-12-16(2)11-17(3)13-21/h4-14,27H,1-3H3. The molecular weight excluding hydrogens is 379 g/mol. The molecule has 0 aliphatic carbocycles. The number of hydrogen-bond acceptors (Lipinski definition) is 3. The van der Waals surface area contributed by atoms with E-state index >= 15 is 0 Å². The summed E-state index contributed by atoms with van der Waals surface area (Å²) >= 11 is 0. The third-order valence-electron chi connectivity index (χ3n) is 4.98. The number of hydrogen-bond donors (Lipinski definition) is 1. The largest absolute Gasteiger partial charge is 0.350 e. The summed E-state index contributed by atoms with van der Waals surface area (Å²) < 4.78 is 13.7. The van der Waals surface area contributed by atoms with E-state index in [-0.39, 0.29) is 11.3 Å². The summed E-state index contributed by atoms with van der Waals surface area (Å²) in [4.78, 5) is 28.0. The maximum atomic E-state index is 13.7. The number of carbonyl (C=O) groups is 2. The molecule has 30 heavy (non-hydrogen) atoms. The van der Waals surface area contributed by atoms with E-state index in [4.69, 9.17) is 0 Å². The van der Waals surface area contributed by atoms with Crippen LogP contribution >= 0.6 is 0 Å². The number of imide groups is 1. The van der Waals surface area contributed by atoms with Crippen molar-refractivity contribution in [2.45, 2.75) is 20.8 Å². The summed E-state index contributed by atoms with van der Waals surface area (Å²) in [7, 11) is 0. The summed E-state index contributed by atoms with van der Waals surface area (Å²) in [6.07, 6.45) is 0. The Kier molecular flexibility index (Phi) is 4.96. The first-order valence-corrected chi connectivity index (χ1v) is 9.64. The average Bonchev–Trinajstić information content (AvgIpc) is 2.92. The number of nitrogens with zero attached hydrogens (tertiary/aromatic N) is 1. The molecule has 3 aromatic carbocycles. The van der Waals surface area contributed by atoms with Gasteiger partial charge in [-0.25, -0.2) is 9.29 Å². The van der Waals surface area contributed by atoms with Crippen molar-refractivity contribution in [2.24, 2.45) is 0 Å². The van der Waals surface area contributed by atoms with Gasteiger partial charge in [-0.15, -0.1) is 0 Å². The fourth-order valence-electron chi connectivity index (χ4n) is 3.66. The first-order valence-electron chi connectivity index (χ1n) is 9.64. The molecule has 0 aromatic heterocycles. The highest BCUT2D eigenvalue weighted by atomic mass is 19.1. The summed E-state index contributed by atoms with van der Waals surface area (Å²) in [5, 5.41) is 2.98. The Labute approximate surface area is 174 Å². The highest BCUT2D eigenvalue weighted by molar-refractivity contribution is 6.46. The van der Waals surface area contributed by atoms with E-state index in [2.05, 4.69) is 5.32 Å². The maximum absolute atomic E-state index is 13.7. The topological polar surface area (TPSA) is 49.4 Å². The van der Waals surface area contributed by atoms with Crippen molar-refractivity contribution in [3.8, 4) is 0 Å². The molecule has 4 rings (SSSR count). The van der Waals surface area contributed by atoms with E-state index in [0.717, 1.165) is 16.7 Å². The van der Waals surface area contributed by atoms with Gasteiger partial charge in [0.2, 0.25) is 0 Å². The Morgan fingerprint density at radius 1 is 0.767 bits per heavy atom. The molecule has 0 saturated heterocycles. The highest BCUT2D eigenvalue weighted by Crippen LogP contribution is 2.34. The lowest BCUT2D eigenvalue weighted by Gasteiger charge is -2.17. The summed E-state index contributed by atoms with van der Waals surface area (Å²) in [6, 6.07) is 18.8. The fourth-order valence-corrected chi connectivity index (χ4v) is 3.66. The lowest BCUT2D eigenvalue weighted by molar-refractivity contribution is -0.120. The molecular formula is C25H21FN2O2. The molecule has 0 bridgehead atoms. The normalized spacial score (nSPS) is 13.9. The van der Waals surface area contributed by atoms with Crippen molar-refractivity contribution in [3.05, 3.63) is 100 Å². The van der Waals surface area contributed by atoms with Crippen molar-refractivity contribution in [2.75, 3.05) is 10.2 Å². The molecule has 1 aliphatic heterocycles. The van der Waals surface area contributed by atoms with Gasteiger partial charge in [-0.1, -0.05) is 42.0 Å². The predicted molar refractivity (Wildman–Crippen MR) is 117 cm³/mol. The number of benzene rings is 3. The first-order chi connectivity index (χ1) is 14.3. The van der Waals surface area contributed by atoms with E-state index in [1.54, 1.807) is 24.3 Å². The Balaban J connectivity index is 1.84. The zero-order valence-electron chi connectivity index (χ0n) is 17.0. The number of halogens is 1. The van der Waals surface area contributed by atoms with Gasteiger partial charge in [0.1, 0.15) is 11.5 Å². The quantitative estimate of drug-likeness (QED) is 0.617. The van der Waals surface area contributed by atoms with E-state index < -0.39 is 17.6 Å². The van der Waals surface area contributed by atoms with Crippen LogP contribution in [0.2, 0.25) is 0 Å². The van der Waals surface area contributed by atoms with Crippen LogP contribution in [0.3, 0.4) is 0 Å². The van der Waals surface area contributed by atoms with Crippen LogP contribution < -0.4 is 10.2 Å². The lowest BCUT2D eigenvalue weighted by Crippen LogP contribution is -2.32. The second kappa shape index (κ2) is 7.59. The molecule has 0 unspecified atom stereocenters. The van der Waals surface area contributed by atoms with Gasteiger partial charge in [0.05, 0.1) is 11.3 Å². The number of amides is 2. The van der Waals surface area contributed by atoms with Gasteiger partial charge in [-0.3, -0.25) is 9.59 Å². The van der Waals surface area contributed by atoms with Gasteiger partial charge in [-0.05, 0) is 67.8 Å². The minimum Gasteiger partial charge on any atom is -0.350 e. The van der Waals surface area contributed by atoms with Gasteiger partial charge < -0.3 is 5.32 Å². The zero-order valence-corrected chi connectivity index (χ0v) is 17.0. The highest BCUT2D eigenvalue weighted by Gasteiger charge is 2.40. The van der Waals surface area contributed by atoms with Gasteiger partial charge >= 0.3 is 0 Å². The Bertz CT molecular complexity index is 1180. The van der Waals surface area contributed by atoms with Crippen LogP contribution in [-0.2, 0) is 9.59 Å². The zero-order chi connectivity index (χ0) is 21.4. The first kappa shape index (κ1) is 19.6. The number of anilines is 2. The van der Waals surface area contributed by atoms with Crippen LogP contribution in [0.1, 0.15) is 22.3 Å². The second-order valence-electron chi connectivity index (χ2n) is 7.54. The van der Waals surface area contributed by atoms with Crippen molar-refractivity contribution < 1.29 is 14.0 Å². The van der Waals surface area contributed by atoms with E-state index in [9.17, 15) is 14.0 Å². The third-order valence-corrected chi connectivity index (χ3v) is 4.98. The SMILES string of the molecule is Cc1ccc(C2=C(Nc3cccc(F)c3)C(=O)N(c3cc(C)cc(C)c3)C2=O)cc1. The Morgan fingerprint density at radius 2 is 1.43 bits per heavy atom. The minimum absolute atomic E-state index is 0.133. The Morgan fingerprint density at radius 3 is 2.07 bits per heavy atom. The van der Waals surface area contributed by atoms with Crippen molar-refractivity contribution in [3.63, 3.8) is 0 Å².